The van der Waals surface area contributed by atoms with E-state index in [2.05, 4.69) is 16.3 Å². The van der Waals surface area contributed by atoms with Crippen molar-refractivity contribution in [2.45, 2.75) is 25.4 Å². The van der Waals surface area contributed by atoms with E-state index >= 15 is 0 Å². The molecule has 0 aromatic heterocycles. The van der Waals surface area contributed by atoms with Gasteiger partial charge in [0.1, 0.15) is 0 Å². The molecule has 1 aliphatic heterocycles. The Hall–Kier alpha value is -1.26. The van der Waals surface area contributed by atoms with E-state index in [1.807, 2.05) is 18.2 Å². The lowest BCUT2D eigenvalue weighted by Crippen LogP contribution is -2.30. The Morgan fingerprint density at radius 2 is 1.89 bits per heavy atom. The molecule has 100 valence electrons. The zero-order valence-electron chi connectivity index (χ0n) is 10.7. The Bertz CT molecular complexity index is 365. The minimum Gasteiger partial charge on any atom is -0.394 e. The first-order valence-electron chi connectivity index (χ1n) is 6.68. The SMILES string of the molecule is OCC(O)CNc1ccccc1N1CCCCC1. The van der Waals surface area contributed by atoms with Gasteiger partial charge < -0.3 is 20.4 Å². The molecule has 0 bridgehead atoms. The van der Waals surface area contributed by atoms with Gasteiger partial charge in [-0.25, -0.2) is 0 Å². The summed E-state index contributed by atoms with van der Waals surface area (Å²) in [6, 6.07) is 8.16. The molecule has 3 N–H and O–H groups in total. The van der Waals surface area contributed by atoms with Gasteiger partial charge in [0.15, 0.2) is 0 Å². The molecule has 0 spiro atoms. The topological polar surface area (TPSA) is 55.7 Å². The molecule has 0 radical (unpaired) electrons. The van der Waals surface area contributed by atoms with Crippen molar-refractivity contribution >= 4 is 11.4 Å². The summed E-state index contributed by atoms with van der Waals surface area (Å²) in [7, 11) is 0. The van der Waals surface area contributed by atoms with Crippen molar-refractivity contribution in [3.63, 3.8) is 0 Å². The molecule has 1 fully saturated rings. The molecule has 0 aliphatic carbocycles. The number of anilines is 2. The van der Waals surface area contributed by atoms with Crippen molar-refractivity contribution in [3.05, 3.63) is 24.3 Å². The summed E-state index contributed by atoms with van der Waals surface area (Å²) in [4.78, 5) is 2.39. The van der Waals surface area contributed by atoms with Crippen molar-refractivity contribution in [1.82, 2.24) is 0 Å². The number of nitrogens with zero attached hydrogens (tertiary/aromatic N) is 1. The van der Waals surface area contributed by atoms with Crippen LogP contribution >= 0.6 is 0 Å². The fourth-order valence-corrected chi connectivity index (χ4v) is 2.33. The molecule has 1 atom stereocenters. The zero-order chi connectivity index (χ0) is 12.8. The molecule has 1 heterocycles. The fourth-order valence-electron chi connectivity index (χ4n) is 2.33. The Balaban J connectivity index is 2.04. The lowest BCUT2D eigenvalue weighted by molar-refractivity contribution is 0.105. The van der Waals surface area contributed by atoms with Gasteiger partial charge in [-0.2, -0.15) is 0 Å². The number of rotatable bonds is 5. The van der Waals surface area contributed by atoms with Gasteiger partial charge in [-0.05, 0) is 31.4 Å². The molecule has 0 amide bonds. The van der Waals surface area contributed by atoms with Crippen molar-refractivity contribution in [2.75, 3.05) is 36.5 Å². The third-order valence-corrected chi connectivity index (χ3v) is 3.34. The van der Waals surface area contributed by atoms with Gasteiger partial charge >= 0.3 is 0 Å². The lowest BCUT2D eigenvalue weighted by Gasteiger charge is -2.30. The highest BCUT2D eigenvalue weighted by Gasteiger charge is 2.14. The zero-order valence-corrected chi connectivity index (χ0v) is 10.7. The van der Waals surface area contributed by atoms with Gasteiger partial charge in [0.05, 0.1) is 24.1 Å². The number of piperidine rings is 1. The monoisotopic (exact) mass is 250 g/mol. The lowest BCUT2D eigenvalue weighted by atomic mass is 10.1. The molecule has 18 heavy (non-hydrogen) atoms. The number of aliphatic hydroxyl groups excluding tert-OH is 2. The predicted molar refractivity (Wildman–Crippen MR) is 74.1 cm³/mol. The molecule has 2 rings (SSSR count). The highest BCUT2D eigenvalue weighted by Crippen LogP contribution is 2.28. The summed E-state index contributed by atoms with van der Waals surface area (Å²) in [5.41, 5.74) is 2.23. The van der Waals surface area contributed by atoms with Crippen LogP contribution in [-0.4, -0.2) is 42.6 Å². The summed E-state index contributed by atoms with van der Waals surface area (Å²) in [6.45, 7) is 2.36. The maximum atomic E-state index is 9.39. The Labute approximate surface area is 108 Å². The van der Waals surface area contributed by atoms with Gasteiger partial charge in [-0.15, -0.1) is 0 Å². The average molecular weight is 250 g/mol. The summed E-state index contributed by atoms with van der Waals surface area (Å²) in [6.07, 6.45) is 3.09. The Kier molecular flexibility index (Phi) is 4.84. The summed E-state index contributed by atoms with van der Waals surface area (Å²) in [5, 5.41) is 21.4. The normalized spacial score (nSPS) is 17.6. The van der Waals surface area contributed by atoms with E-state index in [1.54, 1.807) is 0 Å². The quantitative estimate of drug-likeness (QED) is 0.740. The first-order valence-corrected chi connectivity index (χ1v) is 6.68. The van der Waals surface area contributed by atoms with Gasteiger partial charge in [-0.1, -0.05) is 12.1 Å². The second kappa shape index (κ2) is 6.61. The van der Waals surface area contributed by atoms with E-state index in [0.717, 1.165) is 18.8 Å². The minimum atomic E-state index is -0.709. The van der Waals surface area contributed by atoms with E-state index in [0.29, 0.717) is 6.54 Å². The Morgan fingerprint density at radius 3 is 2.61 bits per heavy atom. The maximum absolute atomic E-state index is 9.39. The van der Waals surface area contributed by atoms with Crippen molar-refractivity contribution in [3.8, 4) is 0 Å². The minimum absolute atomic E-state index is 0.209. The summed E-state index contributed by atoms with van der Waals surface area (Å²) < 4.78 is 0. The second-order valence-corrected chi connectivity index (χ2v) is 4.78. The number of hydrogen-bond acceptors (Lipinski definition) is 4. The van der Waals surface area contributed by atoms with Gasteiger partial charge in [0.2, 0.25) is 0 Å². The number of aliphatic hydroxyl groups is 2. The van der Waals surface area contributed by atoms with Crippen LogP contribution in [0.25, 0.3) is 0 Å². The molecule has 1 aliphatic rings. The van der Waals surface area contributed by atoms with Crippen molar-refractivity contribution < 1.29 is 10.2 Å². The smallest absolute Gasteiger partial charge is 0.0942 e. The standard InChI is InChI=1S/C14H22N2O2/c17-11-12(18)10-15-13-6-2-3-7-14(13)16-8-4-1-5-9-16/h2-3,6-7,12,15,17-18H,1,4-5,8-11H2. The molecule has 1 unspecified atom stereocenters. The van der Waals surface area contributed by atoms with Gasteiger partial charge in [-0.3, -0.25) is 0 Å². The van der Waals surface area contributed by atoms with Crippen LogP contribution in [0.1, 0.15) is 19.3 Å². The summed E-state index contributed by atoms with van der Waals surface area (Å²) in [5.74, 6) is 0. The highest BCUT2D eigenvalue weighted by molar-refractivity contribution is 5.70. The highest BCUT2D eigenvalue weighted by atomic mass is 16.3. The molecule has 1 aromatic carbocycles. The van der Waals surface area contributed by atoms with Crippen LogP contribution in [0, 0.1) is 0 Å². The molecule has 1 aromatic rings. The molecule has 1 saturated heterocycles. The van der Waals surface area contributed by atoms with Crippen LogP contribution in [0.3, 0.4) is 0 Å². The average Bonchev–Trinajstić information content (AvgIpc) is 2.46. The van der Waals surface area contributed by atoms with Crippen LogP contribution in [0.15, 0.2) is 24.3 Å². The van der Waals surface area contributed by atoms with E-state index < -0.39 is 6.10 Å². The third-order valence-electron chi connectivity index (χ3n) is 3.34. The number of benzene rings is 1. The van der Waals surface area contributed by atoms with Crippen LogP contribution < -0.4 is 10.2 Å². The van der Waals surface area contributed by atoms with Crippen molar-refractivity contribution in [2.24, 2.45) is 0 Å². The van der Waals surface area contributed by atoms with Crippen LogP contribution in [0.2, 0.25) is 0 Å². The Morgan fingerprint density at radius 1 is 1.17 bits per heavy atom. The number of para-hydroxylation sites is 2. The van der Waals surface area contributed by atoms with E-state index in [1.165, 1.54) is 24.9 Å². The number of hydrogen-bond donors (Lipinski definition) is 3. The van der Waals surface area contributed by atoms with Gasteiger partial charge in [0, 0.05) is 19.6 Å². The summed E-state index contributed by atoms with van der Waals surface area (Å²) >= 11 is 0. The molecule has 4 nitrogen and oxygen atoms in total. The van der Waals surface area contributed by atoms with Crippen LogP contribution in [0.4, 0.5) is 11.4 Å². The van der Waals surface area contributed by atoms with E-state index in [9.17, 15) is 5.11 Å². The first kappa shape index (κ1) is 13.2. The maximum Gasteiger partial charge on any atom is 0.0942 e. The third kappa shape index (κ3) is 3.37. The van der Waals surface area contributed by atoms with Crippen LogP contribution in [0.5, 0.6) is 0 Å². The predicted octanol–water partition coefficient (Wildman–Crippen LogP) is 1.44. The number of nitrogens with one attached hydrogen (secondary N) is 1. The second-order valence-electron chi connectivity index (χ2n) is 4.78. The van der Waals surface area contributed by atoms with Crippen LogP contribution in [-0.2, 0) is 0 Å². The van der Waals surface area contributed by atoms with Crippen molar-refractivity contribution in [1.29, 1.82) is 0 Å². The fraction of sp³-hybridized carbons (Fsp3) is 0.571. The molecular formula is C14H22N2O2. The van der Waals surface area contributed by atoms with Gasteiger partial charge in [0.25, 0.3) is 0 Å². The largest absolute Gasteiger partial charge is 0.394 e. The van der Waals surface area contributed by atoms with E-state index in [4.69, 9.17) is 5.11 Å². The molecule has 4 heteroatoms. The molecule has 0 saturated carbocycles. The first-order chi connectivity index (χ1) is 8.81. The molecular weight excluding hydrogens is 228 g/mol. The van der Waals surface area contributed by atoms with E-state index in [-0.39, 0.29) is 6.61 Å².